The third-order valence-corrected chi connectivity index (χ3v) is 5.09. The molecule has 1 aliphatic heterocycles. The van der Waals surface area contributed by atoms with Gasteiger partial charge in [0.15, 0.2) is 5.13 Å². The highest BCUT2D eigenvalue weighted by Gasteiger charge is 2.23. The number of thiazole rings is 1. The molecule has 1 atom stereocenters. The molecule has 1 aliphatic rings. The lowest BCUT2D eigenvalue weighted by Gasteiger charge is -2.19. The maximum absolute atomic E-state index is 12.3. The van der Waals surface area contributed by atoms with Gasteiger partial charge in [0.1, 0.15) is 10.7 Å². The van der Waals surface area contributed by atoms with Crippen LogP contribution in [-0.4, -0.2) is 55.6 Å². The number of rotatable bonds is 6. The maximum atomic E-state index is 12.3. The quantitative estimate of drug-likeness (QED) is 0.830. The summed E-state index contributed by atoms with van der Waals surface area (Å²) >= 11 is 1.36. The number of hydrogen-bond donors (Lipinski definition) is 2. The number of nitrogens with one attached hydrogen (secondary N) is 1. The van der Waals surface area contributed by atoms with Crippen LogP contribution in [0.1, 0.15) is 35.9 Å². The van der Waals surface area contributed by atoms with Crippen molar-refractivity contribution in [3.8, 4) is 0 Å². The van der Waals surface area contributed by atoms with Crippen LogP contribution in [0.25, 0.3) is 0 Å². The van der Waals surface area contributed by atoms with Crippen LogP contribution in [0.15, 0.2) is 0 Å². The van der Waals surface area contributed by atoms with E-state index in [2.05, 4.69) is 29.2 Å². The van der Waals surface area contributed by atoms with Crippen molar-refractivity contribution in [1.82, 2.24) is 15.2 Å². The second-order valence-electron chi connectivity index (χ2n) is 5.62. The van der Waals surface area contributed by atoms with Gasteiger partial charge in [-0.15, -0.1) is 0 Å². The minimum atomic E-state index is -0.110. The zero-order chi connectivity index (χ0) is 15.4. The number of carbonyl (C=O) groups excluding carboxylic acids is 1. The van der Waals surface area contributed by atoms with Gasteiger partial charge >= 0.3 is 0 Å². The van der Waals surface area contributed by atoms with Gasteiger partial charge in [-0.3, -0.25) is 4.79 Å². The number of nitrogen functional groups attached to an aromatic ring is 1. The Balaban J connectivity index is 1.95. The summed E-state index contributed by atoms with van der Waals surface area (Å²) in [5, 5.41) is 3.79. The number of amides is 1. The van der Waals surface area contributed by atoms with Crippen LogP contribution in [0.2, 0.25) is 0 Å². The van der Waals surface area contributed by atoms with Crippen molar-refractivity contribution in [3.05, 3.63) is 4.88 Å². The summed E-state index contributed by atoms with van der Waals surface area (Å²) in [6.07, 6.45) is 3.37. The van der Waals surface area contributed by atoms with Gasteiger partial charge in [0, 0.05) is 26.2 Å². The standard InChI is InChI=1S/C14H25N5OS/c1-4-7-19(3)14-17-12(15)11(21-14)13(20)16-9-10-6-5-8-18(10)2/h10H,4-9,15H2,1-3H3,(H,16,20). The van der Waals surface area contributed by atoms with Gasteiger partial charge < -0.3 is 20.9 Å². The number of carbonyl (C=O) groups is 1. The van der Waals surface area contributed by atoms with E-state index in [0.29, 0.717) is 23.3 Å². The Labute approximate surface area is 130 Å². The average Bonchev–Trinajstić information content (AvgIpc) is 3.02. The first kappa shape index (κ1) is 16.0. The zero-order valence-electron chi connectivity index (χ0n) is 13.1. The van der Waals surface area contributed by atoms with Gasteiger partial charge in [-0.25, -0.2) is 4.98 Å². The largest absolute Gasteiger partial charge is 0.382 e. The Morgan fingerprint density at radius 1 is 1.62 bits per heavy atom. The predicted octanol–water partition coefficient (Wildman–Crippen LogP) is 1.40. The molecule has 118 valence electrons. The van der Waals surface area contributed by atoms with Gasteiger partial charge in [0.2, 0.25) is 0 Å². The van der Waals surface area contributed by atoms with Crippen molar-refractivity contribution in [1.29, 1.82) is 0 Å². The van der Waals surface area contributed by atoms with E-state index in [1.54, 1.807) is 0 Å². The first-order valence-electron chi connectivity index (χ1n) is 7.48. The van der Waals surface area contributed by atoms with E-state index in [4.69, 9.17) is 5.73 Å². The minimum absolute atomic E-state index is 0.110. The molecule has 6 nitrogen and oxygen atoms in total. The monoisotopic (exact) mass is 311 g/mol. The molecule has 1 aromatic rings. The molecule has 2 rings (SSSR count). The molecule has 0 spiro atoms. The highest BCUT2D eigenvalue weighted by molar-refractivity contribution is 7.18. The van der Waals surface area contributed by atoms with Crippen LogP contribution in [0.4, 0.5) is 10.9 Å². The molecule has 21 heavy (non-hydrogen) atoms. The fourth-order valence-corrected chi connectivity index (χ4v) is 3.49. The third-order valence-electron chi connectivity index (χ3n) is 3.90. The maximum Gasteiger partial charge on any atom is 0.265 e. The number of nitrogens with two attached hydrogens (primary N) is 1. The van der Waals surface area contributed by atoms with Crippen LogP contribution in [-0.2, 0) is 0 Å². The highest BCUT2D eigenvalue weighted by atomic mass is 32.1. The molecular formula is C14H25N5OS. The Kier molecular flexibility index (Phi) is 5.41. The Morgan fingerprint density at radius 3 is 3.00 bits per heavy atom. The van der Waals surface area contributed by atoms with Gasteiger partial charge in [0.25, 0.3) is 5.91 Å². The number of anilines is 2. The van der Waals surface area contributed by atoms with Gasteiger partial charge in [-0.2, -0.15) is 0 Å². The summed E-state index contributed by atoms with van der Waals surface area (Å²) in [4.78, 5) is 21.4. The smallest absolute Gasteiger partial charge is 0.265 e. The molecule has 0 aliphatic carbocycles. The molecule has 0 saturated carbocycles. The molecule has 7 heteroatoms. The predicted molar refractivity (Wildman–Crippen MR) is 88.1 cm³/mol. The Bertz CT molecular complexity index is 490. The molecule has 1 aromatic heterocycles. The molecule has 0 radical (unpaired) electrons. The molecule has 1 amide bonds. The van der Waals surface area contributed by atoms with Crippen molar-refractivity contribution in [2.75, 3.05) is 44.4 Å². The SMILES string of the molecule is CCCN(C)c1nc(N)c(C(=O)NCC2CCCN2C)s1. The van der Waals surface area contributed by atoms with Crippen molar-refractivity contribution in [2.45, 2.75) is 32.2 Å². The lowest BCUT2D eigenvalue weighted by Crippen LogP contribution is -2.38. The Morgan fingerprint density at radius 2 is 2.38 bits per heavy atom. The molecule has 0 bridgehead atoms. The molecule has 1 unspecified atom stereocenters. The topological polar surface area (TPSA) is 74.5 Å². The van der Waals surface area contributed by atoms with Crippen molar-refractivity contribution >= 4 is 28.2 Å². The van der Waals surface area contributed by atoms with Crippen LogP contribution in [0.5, 0.6) is 0 Å². The fraction of sp³-hybridized carbons (Fsp3) is 0.714. The van der Waals surface area contributed by atoms with Gasteiger partial charge in [-0.05, 0) is 32.9 Å². The van der Waals surface area contributed by atoms with E-state index in [9.17, 15) is 4.79 Å². The van der Waals surface area contributed by atoms with E-state index < -0.39 is 0 Å². The van der Waals surface area contributed by atoms with Crippen LogP contribution < -0.4 is 16.0 Å². The van der Waals surface area contributed by atoms with E-state index in [1.165, 1.54) is 17.8 Å². The minimum Gasteiger partial charge on any atom is -0.382 e. The van der Waals surface area contributed by atoms with E-state index in [0.717, 1.165) is 31.1 Å². The lowest BCUT2D eigenvalue weighted by atomic mass is 10.2. The highest BCUT2D eigenvalue weighted by Crippen LogP contribution is 2.27. The van der Waals surface area contributed by atoms with Crippen LogP contribution >= 0.6 is 11.3 Å². The second-order valence-corrected chi connectivity index (χ2v) is 6.60. The van der Waals surface area contributed by atoms with Crippen LogP contribution in [0.3, 0.4) is 0 Å². The molecular weight excluding hydrogens is 286 g/mol. The summed E-state index contributed by atoms with van der Waals surface area (Å²) in [5.41, 5.74) is 5.89. The summed E-state index contributed by atoms with van der Waals surface area (Å²) in [6, 6.07) is 0.435. The normalized spacial score (nSPS) is 18.9. The Hall–Kier alpha value is -1.34. The van der Waals surface area contributed by atoms with Gasteiger partial charge in [-0.1, -0.05) is 18.3 Å². The van der Waals surface area contributed by atoms with Crippen LogP contribution in [0, 0.1) is 0 Å². The fourth-order valence-electron chi connectivity index (χ4n) is 2.61. The zero-order valence-corrected chi connectivity index (χ0v) is 13.9. The molecule has 1 saturated heterocycles. The molecule has 2 heterocycles. The second kappa shape index (κ2) is 7.09. The first-order chi connectivity index (χ1) is 10.0. The lowest BCUT2D eigenvalue weighted by molar-refractivity contribution is 0.0948. The summed E-state index contributed by atoms with van der Waals surface area (Å²) < 4.78 is 0. The first-order valence-corrected chi connectivity index (χ1v) is 8.30. The summed E-state index contributed by atoms with van der Waals surface area (Å²) in [7, 11) is 4.07. The number of likely N-dealkylation sites (tertiary alicyclic amines) is 1. The van der Waals surface area contributed by atoms with Crippen molar-refractivity contribution in [3.63, 3.8) is 0 Å². The number of likely N-dealkylation sites (N-methyl/N-ethyl adjacent to an activating group) is 1. The third kappa shape index (κ3) is 3.85. The number of hydrogen-bond acceptors (Lipinski definition) is 6. The van der Waals surface area contributed by atoms with E-state index in [-0.39, 0.29) is 5.91 Å². The average molecular weight is 311 g/mol. The molecule has 3 N–H and O–H groups in total. The van der Waals surface area contributed by atoms with Crippen molar-refractivity contribution in [2.24, 2.45) is 0 Å². The summed E-state index contributed by atoms with van der Waals surface area (Å²) in [5.74, 6) is 0.219. The number of nitrogens with zero attached hydrogens (tertiary/aromatic N) is 3. The summed E-state index contributed by atoms with van der Waals surface area (Å²) in [6.45, 7) is 4.79. The van der Waals surface area contributed by atoms with E-state index >= 15 is 0 Å². The molecule has 1 fully saturated rings. The van der Waals surface area contributed by atoms with Crippen molar-refractivity contribution < 1.29 is 4.79 Å². The van der Waals surface area contributed by atoms with E-state index in [1.807, 2.05) is 11.9 Å². The molecule has 0 aromatic carbocycles. The van der Waals surface area contributed by atoms with Gasteiger partial charge in [0.05, 0.1) is 0 Å². The number of aromatic nitrogens is 1.